The summed E-state index contributed by atoms with van der Waals surface area (Å²) in [6.07, 6.45) is 10.0. The van der Waals surface area contributed by atoms with Crippen LogP contribution in [0.2, 0.25) is 0 Å². The standard InChI is InChI=1S/C19H27NO3/c1-18-9-7-13-11(12(18)4-5-14(18)17(22)23)3-6-15-19(13,2)10-8-16(21)20-15/h8,10-15H,3-7,9H2,1-2H3,(H,20,21)(H,22,23)/t11-,12-,13-,14?,15?,18-,19+/m0/s1. The van der Waals surface area contributed by atoms with E-state index < -0.39 is 5.97 Å². The second kappa shape index (κ2) is 4.84. The van der Waals surface area contributed by atoms with Crippen LogP contribution in [0.4, 0.5) is 0 Å². The molecule has 3 saturated carbocycles. The maximum atomic E-state index is 11.7. The Morgan fingerprint density at radius 1 is 1.17 bits per heavy atom. The van der Waals surface area contributed by atoms with Crippen molar-refractivity contribution in [2.24, 2.45) is 34.5 Å². The number of carboxylic acid groups (broad SMARTS) is 1. The molecule has 4 heteroatoms. The van der Waals surface area contributed by atoms with E-state index in [-0.39, 0.29) is 28.7 Å². The van der Waals surface area contributed by atoms with Gasteiger partial charge in [-0.1, -0.05) is 19.9 Å². The third kappa shape index (κ3) is 1.96. The van der Waals surface area contributed by atoms with Crippen molar-refractivity contribution in [3.63, 3.8) is 0 Å². The fraction of sp³-hybridized carbons (Fsp3) is 0.789. The molecule has 0 bridgehead atoms. The van der Waals surface area contributed by atoms with E-state index in [0.29, 0.717) is 17.8 Å². The summed E-state index contributed by atoms with van der Waals surface area (Å²) in [4.78, 5) is 23.4. The number of carbonyl (C=O) groups is 2. The van der Waals surface area contributed by atoms with Gasteiger partial charge in [-0.15, -0.1) is 0 Å². The molecule has 7 atom stereocenters. The molecule has 0 aromatic carbocycles. The van der Waals surface area contributed by atoms with Gasteiger partial charge in [-0.05, 0) is 67.8 Å². The summed E-state index contributed by atoms with van der Waals surface area (Å²) < 4.78 is 0. The summed E-state index contributed by atoms with van der Waals surface area (Å²) >= 11 is 0. The van der Waals surface area contributed by atoms with Crippen LogP contribution in [0.1, 0.15) is 52.4 Å². The van der Waals surface area contributed by atoms with E-state index in [1.54, 1.807) is 6.08 Å². The maximum Gasteiger partial charge on any atom is 0.307 e. The second-order valence-electron chi connectivity index (χ2n) is 8.73. The van der Waals surface area contributed by atoms with E-state index in [0.717, 1.165) is 38.5 Å². The number of rotatable bonds is 1. The highest BCUT2D eigenvalue weighted by atomic mass is 16.4. The first-order chi connectivity index (χ1) is 10.9. The quantitative estimate of drug-likeness (QED) is 0.781. The van der Waals surface area contributed by atoms with Crippen molar-refractivity contribution in [1.29, 1.82) is 0 Å². The van der Waals surface area contributed by atoms with Crippen LogP contribution in [0, 0.1) is 34.5 Å². The summed E-state index contributed by atoms with van der Waals surface area (Å²) in [5.41, 5.74) is 0.0112. The number of nitrogens with one attached hydrogen (secondary N) is 1. The molecule has 2 unspecified atom stereocenters. The first kappa shape index (κ1) is 15.2. The minimum absolute atomic E-state index is 0.0299. The van der Waals surface area contributed by atoms with E-state index in [2.05, 4.69) is 25.2 Å². The number of carboxylic acids is 1. The molecule has 1 aliphatic heterocycles. The normalized spacial score (nSPS) is 51.4. The number of amides is 1. The summed E-state index contributed by atoms with van der Waals surface area (Å²) in [5, 5.41) is 12.8. The van der Waals surface area contributed by atoms with Crippen molar-refractivity contribution in [2.45, 2.75) is 58.4 Å². The molecule has 4 nitrogen and oxygen atoms in total. The lowest BCUT2D eigenvalue weighted by atomic mass is 9.48. The van der Waals surface area contributed by atoms with Gasteiger partial charge in [0.05, 0.1) is 5.92 Å². The van der Waals surface area contributed by atoms with Gasteiger partial charge in [0.15, 0.2) is 0 Å². The topological polar surface area (TPSA) is 66.4 Å². The largest absolute Gasteiger partial charge is 0.481 e. The Morgan fingerprint density at radius 3 is 2.70 bits per heavy atom. The van der Waals surface area contributed by atoms with Gasteiger partial charge < -0.3 is 10.4 Å². The van der Waals surface area contributed by atoms with Crippen LogP contribution in [0.25, 0.3) is 0 Å². The highest BCUT2D eigenvalue weighted by molar-refractivity contribution is 5.89. The van der Waals surface area contributed by atoms with E-state index >= 15 is 0 Å². The minimum atomic E-state index is -0.599. The Hall–Kier alpha value is -1.32. The molecule has 0 radical (unpaired) electrons. The Bertz CT molecular complexity index is 585. The van der Waals surface area contributed by atoms with Crippen molar-refractivity contribution < 1.29 is 14.7 Å². The predicted molar refractivity (Wildman–Crippen MR) is 86.6 cm³/mol. The highest BCUT2D eigenvalue weighted by Gasteiger charge is 2.60. The van der Waals surface area contributed by atoms with Gasteiger partial charge in [0.25, 0.3) is 0 Å². The van der Waals surface area contributed by atoms with Crippen molar-refractivity contribution in [2.75, 3.05) is 0 Å². The van der Waals surface area contributed by atoms with Gasteiger partial charge >= 0.3 is 5.97 Å². The molecule has 4 aliphatic rings. The van der Waals surface area contributed by atoms with E-state index in [9.17, 15) is 14.7 Å². The third-order valence-corrected chi connectivity index (χ3v) is 7.98. The molecule has 1 heterocycles. The van der Waals surface area contributed by atoms with Gasteiger partial charge in [0.2, 0.25) is 5.91 Å². The number of hydrogen-bond acceptors (Lipinski definition) is 2. The Balaban J connectivity index is 1.66. The lowest BCUT2D eigenvalue weighted by molar-refractivity contribution is -0.150. The molecular weight excluding hydrogens is 290 g/mol. The molecule has 0 aromatic heterocycles. The minimum Gasteiger partial charge on any atom is -0.481 e. The SMILES string of the molecule is C[C@]12C=CC(=O)NC1CC[C@@H]1[C@@H]2CC[C@]2(C)C(C(=O)O)CC[C@@H]12. The maximum absolute atomic E-state index is 11.7. The van der Waals surface area contributed by atoms with Crippen LogP contribution < -0.4 is 5.32 Å². The Labute approximate surface area is 137 Å². The zero-order chi connectivity index (χ0) is 16.4. The zero-order valence-corrected chi connectivity index (χ0v) is 14.0. The lowest BCUT2D eigenvalue weighted by Crippen LogP contribution is -2.59. The van der Waals surface area contributed by atoms with Gasteiger partial charge in [-0.3, -0.25) is 9.59 Å². The van der Waals surface area contributed by atoms with Crippen LogP contribution in [0.3, 0.4) is 0 Å². The second-order valence-corrected chi connectivity index (χ2v) is 8.73. The Kier molecular flexibility index (Phi) is 3.20. The molecule has 3 aliphatic carbocycles. The summed E-state index contributed by atoms with van der Waals surface area (Å²) in [6.45, 7) is 4.53. The van der Waals surface area contributed by atoms with Crippen LogP contribution in [-0.4, -0.2) is 23.0 Å². The molecule has 0 spiro atoms. The first-order valence-electron chi connectivity index (χ1n) is 9.09. The van der Waals surface area contributed by atoms with Crippen molar-refractivity contribution in [1.82, 2.24) is 5.32 Å². The fourth-order valence-corrected chi connectivity index (χ4v) is 6.74. The first-order valence-corrected chi connectivity index (χ1v) is 9.09. The fourth-order valence-electron chi connectivity index (χ4n) is 6.74. The number of aliphatic carboxylic acids is 1. The van der Waals surface area contributed by atoms with E-state index in [1.165, 1.54) is 0 Å². The Morgan fingerprint density at radius 2 is 1.96 bits per heavy atom. The van der Waals surface area contributed by atoms with E-state index in [4.69, 9.17) is 0 Å². The number of fused-ring (bicyclic) bond motifs is 5. The zero-order valence-electron chi connectivity index (χ0n) is 14.0. The van der Waals surface area contributed by atoms with Crippen LogP contribution in [0.15, 0.2) is 12.2 Å². The van der Waals surface area contributed by atoms with Crippen molar-refractivity contribution in [3.05, 3.63) is 12.2 Å². The van der Waals surface area contributed by atoms with Gasteiger partial charge in [-0.2, -0.15) is 0 Å². The smallest absolute Gasteiger partial charge is 0.307 e. The molecule has 2 N–H and O–H groups in total. The summed E-state index contributed by atoms with van der Waals surface area (Å²) in [6, 6.07) is 0.252. The van der Waals surface area contributed by atoms with Gasteiger partial charge in [0.1, 0.15) is 0 Å². The summed E-state index contributed by atoms with van der Waals surface area (Å²) in [5.74, 6) is 0.992. The van der Waals surface area contributed by atoms with Crippen LogP contribution in [0.5, 0.6) is 0 Å². The molecular formula is C19H27NO3. The van der Waals surface area contributed by atoms with Crippen molar-refractivity contribution >= 4 is 11.9 Å². The average molecular weight is 317 g/mol. The third-order valence-electron chi connectivity index (χ3n) is 7.98. The predicted octanol–water partition coefficient (Wildman–Crippen LogP) is 2.98. The molecule has 23 heavy (non-hydrogen) atoms. The van der Waals surface area contributed by atoms with Gasteiger partial charge in [-0.25, -0.2) is 0 Å². The molecule has 0 aromatic rings. The highest BCUT2D eigenvalue weighted by Crippen LogP contribution is 2.64. The molecule has 4 rings (SSSR count). The molecule has 3 fully saturated rings. The monoisotopic (exact) mass is 317 g/mol. The van der Waals surface area contributed by atoms with Crippen molar-refractivity contribution in [3.8, 4) is 0 Å². The van der Waals surface area contributed by atoms with Crippen LogP contribution in [-0.2, 0) is 9.59 Å². The average Bonchev–Trinajstić information content (AvgIpc) is 2.85. The lowest BCUT2D eigenvalue weighted by Gasteiger charge is -2.58. The summed E-state index contributed by atoms with van der Waals surface area (Å²) in [7, 11) is 0. The van der Waals surface area contributed by atoms with Gasteiger partial charge in [0, 0.05) is 11.5 Å². The molecule has 0 saturated heterocycles. The number of hydrogen-bond donors (Lipinski definition) is 2. The van der Waals surface area contributed by atoms with E-state index in [1.807, 2.05) is 0 Å². The number of carbonyl (C=O) groups excluding carboxylic acids is 1. The molecule has 126 valence electrons. The molecule has 1 amide bonds. The van der Waals surface area contributed by atoms with Crippen LogP contribution >= 0.6 is 0 Å².